The first-order valence-electron chi connectivity index (χ1n) is 8.65. The zero-order valence-electron chi connectivity index (χ0n) is 15.5. The molecule has 0 aliphatic heterocycles. The van der Waals surface area contributed by atoms with E-state index in [1.54, 1.807) is 29.2 Å². The van der Waals surface area contributed by atoms with Gasteiger partial charge in [-0.15, -0.1) is 0 Å². The van der Waals surface area contributed by atoms with Crippen molar-refractivity contribution in [1.29, 1.82) is 0 Å². The standard InChI is InChI=1S/C19H24N2O5/c1-12(2)21(13(3)4)17(22)11-25-18(23)10-9-15-19(24)26-16-8-6-5-7-14(16)20-15/h5-8,12-13H,9-11H2,1-4H3. The number of rotatable bonds is 7. The first-order chi connectivity index (χ1) is 12.3. The molecule has 1 amide bonds. The van der Waals surface area contributed by atoms with Crippen LogP contribution < -0.4 is 5.63 Å². The number of ether oxygens (including phenoxy) is 1. The number of nitrogens with zero attached hydrogens (tertiary/aromatic N) is 2. The van der Waals surface area contributed by atoms with Crippen LogP contribution in [0.25, 0.3) is 11.1 Å². The molecule has 26 heavy (non-hydrogen) atoms. The van der Waals surface area contributed by atoms with Gasteiger partial charge in [0.25, 0.3) is 5.91 Å². The Labute approximate surface area is 152 Å². The monoisotopic (exact) mass is 360 g/mol. The lowest BCUT2D eigenvalue weighted by Gasteiger charge is -2.30. The maximum atomic E-state index is 12.2. The Kier molecular flexibility index (Phi) is 6.49. The molecule has 0 aliphatic rings. The van der Waals surface area contributed by atoms with Crippen molar-refractivity contribution >= 4 is 23.0 Å². The second kappa shape index (κ2) is 8.60. The Bertz CT molecular complexity index is 833. The topological polar surface area (TPSA) is 89.7 Å². The first kappa shape index (κ1) is 19.6. The van der Waals surface area contributed by atoms with Crippen LogP contribution in [0.1, 0.15) is 39.8 Å². The Hall–Kier alpha value is -2.70. The highest BCUT2D eigenvalue weighted by Crippen LogP contribution is 2.10. The van der Waals surface area contributed by atoms with Crippen molar-refractivity contribution in [3.63, 3.8) is 0 Å². The molecule has 0 saturated heterocycles. The highest BCUT2D eigenvalue weighted by molar-refractivity contribution is 5.81. The van der Waals surface area contributed by atoms with Gasteiger partial charge in [0.15, 0.2) is 12.2 Å². The summed E-state index contributed by atoms with van der Waals surface area (Å²) in [6, 6.07) is 6.96. The fourth-order valence-corrected chi connectivity index (χ4v) is 2.83. The van der Waals surface area contributed by atoms with Gasteiger partial charge in [-0.3, -0.25) is 9.59 Å². The predicted molar refractivity (Wildman–Crippen MR) is 96.7 cm³/mol. The average Bonchev–Trinajstić information content (AvgIpc) is 2.57. The Morgan fingerprint density at radius 1 is 1.15 bits per heavy atom. The maximum Gasteiger partial charge on any atom is 0.358 e. The van der Waals surface area contributed by atoms with Crippen LogP contribution in [0.15, 0.2) is 33.5 Å². The predicted octanol–water partition coefficient (Wildman–Crippen LogP) is 2.31. The fraction of sp³-hybridized carbons (Fsp3) is 0.474. The molecule has 0 fully saturated rings. The average molecular weight is 360 g/mol. The number of aromatic nitrogens is 1. The number of hydrogen-bond acceptors (Lipinski definition) is 6. The third-order valence-electron chi connectivity index (χ3n) is 3.88. The van der Waals surface area contributed by atoms with Crippen LogP contribution in [0.4, 0.5) is 0 Å². The number of fused-ring (bicyclic) bond motifs is 1. The summed E-state index contributed by atoms with van der Waals surface area (Å²) >= 11 is 0. The van der Waals surface area contributed by atoms with Crippen LogP contribution in [-0.4, -0.2) is 40.5 Å². The van der Waals surface area contributed by atoms with Gasteiger partial charge in [-0.05, 0) is 39.8 Å². The summed E-state index contributed by atoms with van der Waals surface area (Å²) in [5, 5.41) is 0. The summed E-state index contributed by atoms with van der Waals surface area (Å²) in [5.74, 6) is -0.799. The van der Waals surface area contributed by atoms with Crippen LogP contribution in [0.5, 0.6) is 0 Å². The van der Waals surface area contributed by atoms with Crippen LogP contribution in [-0.2, 0) is 20.7 Å². The van der Waals surface area contributed by atoms with E-state index in [9.17, 15) is 14.4 Å². The second-order valence-corrected chi connectivity index (χ2v) is 6.56. The van der Waals surface area contributed by atoms with E-state index in [2.05, 4.69) is 4.98 Å². The van der Waals surface area contributed by atoms with Gasteiger partial charge in [-0.1, -0.05) is 12.1 Å². The van der Waals surface area contributed by atoms with E-state index in [-0.39, 0.29) is 43.1 Å². The number of amides is 1. The summed E-state index contributed by atoms with van der Waals surface area (Å²) in [5.41, 5.74) is 0.545. The van der Waals surface area contributed by atoms with Crippen molar-refractivity contribution in [3.8, 4) is 0 Å². The van der Waals surface area contributed by atoms with Crippen LogP contribution in [0.3, 0.4) is 0 Å². The minimum absolute atomic E-state index is 0.0210. The zero-order chi connectivity index (χ0) is 19.3. The summed E-state index contributed by atoms with van der Waals surface area (Å²) in [7, 11) is 0. The normalized spacial score (nSPS) is 11.2. The molecule has 0 N–H and O–H groups in total. The SMILES string of the molecule is CC(C)N(C(=O)COC(=O)CCc1nc2ccccc2oc1=O)C(C)C. The number of carbonyl (C=O) groups is 2. The molecule has 2 aromatic rings. The molecule has 7 nitrogen and oxygen atoms in total. The van der Waals surface area contributed by atoms with Crippen molar-refractivity contribution in [2.45, 2.75) is 52.6 Å². The van der Waals surface area contributed by atoms with Gasteiger partial charge >= 0.3 is 11.6 Å². The molecule has 7 heteroatoms. The van der Waals surface area contributed by atoms with E-state index in [1.807, 2.05) is 27.7 Å². The molecule has 0 saturated carbocycles. The van der Waals surface area contributed by atoms with Gasteiger partial charge in [0.1, 0.15) is 11.2 Å². The molecule has 0 aliphatic carbocycles. The van der Waals surface area contributed by atoms with E-state index < -0.39 is 11.6 Å². The molecule has 0 spiro atoms. The highest BCUT2D eigenvalue weighted by atomic mass is 16.5. The van der Waals surface area contributed by atoms with E-state index in [0.717, 1.165) is 0 Å². The quantitative estimate of drug-likeness (QED) is 0.704. The van der Waals surface area contributed by atoms with Crippen molar-refractivity contribution < 1.29 is 18.7 Å². The van der Waals surface area contributed by atoms with Crippen LogP contribution >= 0.6 is 0 Å². The summed E-state index contributed by atoms with van der Waals surface area (Å²) in [4.78, 5) is 41.9. The minimum atomic E-state index is -0.571. The number of aryl methyl sites for hydroxylation is 1. The van der Waals surface area contributed by atoms with Crippen LogP contribution in [0.2, 0.25) is 0 Å². The van der Waals surface area contributed by atoms with E-state index >= 15 is 0 Å². The summed E-state index contributed by atoms with van der Waals surface area (Å²) < 4.78 is 10.2. The third-order valence-corrected chi connectivity index (χ3v) is 3.88. The Balaban J connectivity index is 1.92. The Morgan fingerprint density at radius 2 is 1.81 bits per heavy atom. The van der Waals surface area contributed by atoms with Gasteiger partial charge in [0.2, 0.25) is 0 Å². The third kappa shape index (κ3) is 4.91. The molecule has 0 radical (unpaired) electrons. The van der Waals surface area contributed by atoms with Crippen LogP contribution in [0, 0.1) is 0 Å². The number of esters is 1. The minimum Gasteiger partial charge on any atom is -0.456 e. The molecule has 0 bridgehead atoms. The largest absolute Gasteiger partial charge is 0.456 e. The van der Waals surface area contributed by atoms with Gasteiger partial charge in [-0.2, -0.15) is 0 Å². The van der Waals surface area contributed by atoms with Crippen molar-refractivity contribution in [2.75, 3.05) is 6.61 Å². The van der Waals surface area contributed by atoms with E-state index in [1.165, 1.54) is 0 Å². The number of para-hydroxylation sites is 2. The lowest BCUT2D eigenvalue weighted by Crippen LogP contribution is -2.44. The zero-order valence-corrected chi connectivity index (χ0v) is 15.5. The number of benzene rings is 1. The van der Waals surface area contributed by atoms with Gasteiger partial charge in [-0.25, -0.2) is 9.78 Å². The maximum absolute atomic E-state index is 12.2. The van der Waals surface area contributed by atoms with Crippen molar-refractivity contribution in [2.24, 2.45) is 0 Å². The molecule has 140 valence electrons. The molecular weight excluding hydrogens is 336 g/mol. The molecule has 0 atom stereocenters. The molecule has 0 unspecified atom stereocenters. The molecule has 1 aromatic carbocycles. The van der Waals surface area contributed by atoms with E-state index in [4.69, 9.17) is 9.15 Å². The molecule has 1 heterocycles. The molecule has 2 rings (SSSR count). The molecule has 1 aromatic heterocycles. The lowest BCUT2D eigenvalue weighted by atomic mass is 10.2. The summed E-state index contributed by atoms with van der Waals surface area (Å²) in [6.45, 7) is 7.32. The van der Waals surface area contributed by atoms with Crippen molar-refractivity contribution in [3.05, 3.63) is 40.4 Å². The number of carbonyl (C=O) groups excluding carboxylic acids is 2. The Morgan fingerprint density at radius 3 is 2.46 bits per heavy atom. The lowest BCUT2D eigenvalue weighted by molar-refractivity contribution is -0.153. The second-order valence-electron chi connectivity index (χ2n) is 6.56. The fourth-order valence-electron chi connectivity index (χ4n) is 2.83. The van der Waals surface area contributed by atoms with Gasteiger partial charge < -0.3 is 14.1 Å². The van der Waals surface area contributed by atoms with Crippen molar-refractivity contribution in [1.82, 2.24) is 9.88 Å². The smallest absolute Gasteiger partial charge is 0.358 e. The van der Waals surface area contributed by atoms with Gasteiger partial charge in [0, 0.05) is 18.5 Å². The van der Waals surface area contributed by atoms with E-state index in [0.29, 0.717) is 11.1 Å². The summed E-state index contributed by atoms with van der Waals surface area (Å²) in [6.07, 6.45) is 0.0466. The number of hydrogen-bond donors (Lipinski definition) is 0. The van der Waals surface area contributed by atoms with Gasteiger partial charge in [0.05, 0.1) is 6.42 Å². The highest BCUT2D eigenvalue weighted by Gasteiger charge is 2.21. The molecular formula is C19H24N2O5. The first-order valence-corrected chi connectivity index (χ1v) is 8.65.